The van der Waals surface area contributed by atoms with Crippen LogP contribution in [0.3, 0.4) is 0 Å². The number of fused-ring (bicyclic) bond motifs is 2. The fourth-order valence-electron chi connectivity index (χ4n) is 5.26. The Labute approximate surface area is 201 Å². The zero-order valence-corrected chi connectivity index (χ0v) is 19.4. The van der Waals surface area contributed by atoms with E-state index in [1.165, 1.54) is 15.4 Å². The Balaban J connectivity index is 1.05. The predicted molar refractivity (Wildman–Crippen MR) is 129 cm³/mol. The minimum Gasteiger partial charge on any atom is -0.423 e. The van der Waals surface area contributed by atoms with Crippen molar-refractivity contribution < 1.29 is 14.3 Å². The van der Waals surface area contributed by atoms with Gasteiger partial charge in [-0.1, -0.05) is 12.1 Å². The molecule has 0 saturated carbocycles. The van der Waals surface area contributed by atoms with Crippen LogP contribution in [0.1, 0.15) is 25.7 Å². The number of aliphatic hydroxyl groups is 1. The molecule has 0 aliphatic carbocycles. The zero-order valence-electron chi connectivity index (χ0n) is 19.4. The van der Waals surface area contributed by atoms with Crippen LogP contribution in [0, 0.1) is 5.92 Å². The lowest BCUT2D eigenvalue weighted by atomic mass is 9.89. The van der Waals surface area contributed by atoms with E-state index < -0.39 is 5.60 Å². The van der Waals surface area contributed by atoms with Crippen molar-refractivity contribution in [2.45, 2.75) is 37.8 Å². The van der Waals surface area contributed by atoms with Gasteiger partial charge in [-0.05, 0) is 49.9 Å². The Kier molecular flexibility index (Phi) is 5.32. The molecule has 1 aromatic carbocycles. The van der Waals surface area contributed by atoms with Crippen LogP contribution in [0.4, 0.5) is 6.01 Å². The first-order chi connectivity index (χ1) is 17.0. The normalized spacial score (nSPS) is 19.0. The molecule has 2 aliphatic heterocycles. The number of hydrogen-bond acceptors (Lipinski definition) is 7. The van der Waals surface area contributed by atoms with Crippen molar-refractivity contribution in [3.05, 3.63) is 59.3 Å². The van der Waals surface area contributed by atoms with E-state index in [9.17, 15) is 14.7 Å². The molecule has 0 spiro atoms. The molecule has 6 rings (SSSR count). The Bertz CT molecular complexity index is 1390. The van der Waals surface area contributed by atoms with Crippen LogP contribution < -0.4 is 10.5 Å². The fraction of sp³-hybridized carbons (Fsp3) is 0.440. The number of likely N-dealkylation sites (tertiary alicyclic amines) is 1. The lowest BCUT2D eigenvalue weighted by Gasteiger charge is -2.40. The summed E-state index contributed by atoms with van der Waals surface area (Å²) in [6, 6.07) is 11.8. The van der Waals surface area contributed by atoms with Gasteiger partial charge in [0, 0.05) is 38.3 Å². The number of para-hydroxylation sites is 2. The summed E-state index contributed by atoms with van der Waals surface area (Å²) in [6.07, 6.45) is 5.54. The number of oxazole rings is 1. The van der Waals surface area contributed by atoms with Crippen molar-refractivity contribution in [3.63, 3.8) is 0 Å². The van der Waals surface area contributed by atoms with E-state index in [0.717, 1.165) is 37.0 Å². The highest BCUT2D eigenvalue weighted by Gasteiger charge is 2.37. The summed E-state index contributed by atoms with van der Waals surface area (Å²) in [4.78, 5) is 34.4. The van der Waals surface area contributed by atoms with Gasteiger partial charge in [0.05, 0.1) is 12.1 Å². The molecule has 0 unspecified atom stereocenters. The minimum atomic E-state index is -1.04. The number of carbonyl (C=O) groups excluding carboxylic acids is 1. The maximum atomic E-state index is 13.2. The second-order valence-corrected chi connectivity index (χ2v) is 9.68. The Morgan fingerprint density at radius 3 is 2.63 bits per heavy atom. The highest BCUT2D eigenvalue weighted by Crippen LogP contribution is 2.29. The number of piperidine rings is 2. The number of carbonyl (C=O) groups is 1. The molecular weight excluding hydrogens is 448 g/mol. The maximum Gasteiger partial charge on any atom is 0.298 e. The van der Waals surface area contributed by atoms with Crippen LogP contribution in [-0.4, -0.2) is 66.9 Å². The van der Waals surface area contributed by atoms with Crippen molar-refractivity contribution in [3.8, 4) is 0 Å². The average Bonchev–Trinajstić information content (AvgIpc) is 3.54. The topological polar surface area (TPSA) is 109 Å². The van der Waals surface area contributed by atoms with Gasteiger partial charge in [0.2, 0.25) is 5.91 Å². The predicted octanol–water partition coefficient (Wildman–Crippen LogP) is 1.91. The summed E-state index contributed by atoms with van der Waals surface area (Å²) in [5.74, 6) is 0.114. The summed E-state index contributed by atoms with van der Waals surface area (Å²) < 4.78 is 8.87. The Hall–Kier alpha value is -3.66. The van der Waals surface area contributed by atoms with Crippen molar-refractivity contribution in [1.29, 1.82) is 0 Å². The number of nitrogens with zero attached hydrogens (tertiary/aromatic N) is 6. The second kappa shape index (κ2) is 8.53. The first-order valence-corrected chi connectivity index (χ1v) is 12.1. The third kappa shape index (κ3) is 4.07. The molecule has 10 heteroatoms. The largest absolute Gasteiger partial charge is 0.423 e. The molecule has 2 saturated heterocycles. The third-order valence-electron chi connectivity index (χ3n) is 7.39. The lowest BCUT2D eigenvalue weighted by Crippen LogP contribution is -2.52. The van der Waals surface area contributed by atoms with Crippen molar-refractivity contribution in [1.82, 2.24) is 24.1 Å². The van der Waals surface area contributed by atoms with Crippen LogP contribution in [0.15, 0.2) is 58.1 Å². The van der Waals surface area contributed by atoms with E-state index in [4.69, 9.17) is 4.42 Å². The highest BCUT2D eigenvalue weighted by molar-refractivity contribution is 5.79. The third-order valence-corrected chi connectivity index (χ3v) is 7.39. The summed E-state index contributed by atoms with van der Waals surface area (Å²) in [7, 11) is 0. The Morgan fingerprint density at radius 2 is 1.86 bits per heavy atom. The van der Waals surface area contributed by atoms with E-state index in [1.807, 2.05) is 29.2 Å². The van der Waals surface area contributed by atoms with Crippen molar-refractivity contribution in [2.24, 2.45) is 5.92 Å². The van der Waals surface area contributed by atoms with E-state index >= 15 is 0 Å². The summed E-state index contributed by atoms with van der Waals surface area (Å²) >= 11 is 0. The van der Waals surface area contributed by atoms with Gasteiger partial charge in [-0.2, -0.15) is 10.1 Å². The van der Waals surface area contributed by atoms with E-state index in [-0.39, 0.29) is 23.9 Å². The standard InChI is InChI=1S/C25H28N6O4/c32-22(18-7-12-29(13-8-18)24-27-19-4-1-2-6-21(19)35-24)28-14-9-25(34,10-15-28)16-30-17-26-31-11-3-5-20(31)23(30)33/h1-6,11,17-18,34H,7-10,12-16H2. The molecule has 3 aromatic heterocycles. The lowest BCUT2D eigenvalue weighted by molar-refractivity contribution is -0.140. The number of anilines is 1. The maximum absolute atomic E-state index is 13.2. The van der Waals surface area contributed by atoms with Gasteiger partial charge in [0.1, 0.15) is 17.4 Å². The number of rotatable bonds is 4. The summed E-state index contributed by atoms with van der Waals surface area (Å²) in [6.45, 7) is 2.58. The molecule has 0 radical (unpaired) electrons. The number of aromatic nitrogens is 4. The molecule has 5 heterocycles. The Morgan fingerprint density at radius 1 is 1.09 bits per heavy atom. The second-order valence-electron chi connectivity index (χ2n) is 9.68. The molecule has 1 amide bonds. The number of hydrogen-bond donors (Lipinski definition) is 1. The van der Waals surface area contributed by atoms with Gasteiger partial charge in [0.15, 0.2) is 5.58 Å². The first kappa shape index (κ1) is 21.8. The molecule has 0 bridgehead atoms. The molecule has 4 aromatic rings. The van der Waals surface area contributed by atoms with Crippen LogP contribution in [0.25, 0.3) is 16.6 Å². The van der Waals surface area contributed by atoms with E-state index in [0.29, 0.717) is 37.5 Å². The smallest absolute Gasteiger partial charge is 0.298 e. The van der Waals surface area contributed by atoms with Crippen LogP contribution in [-0.2, 0) is 11.3 Å². The summed E-state index contributed by atoms with van der Waals surface area (Å²) in [5, 5.41) is 15.4. The van der Waals surface area contributed by atoms with Crippen LogP contribution >= 0.6 is 0 Å². The number of amides is 1. The van der Waals surface area contributed by atoms with Gasteiger partial charge < -0.3 is 19.3 Å². The monoisotopic (exact) mass is 476 g/mol. The highest BCUT2D eigenvalue weighted by atomic mass is 16.4. The van der Waals surface area contributed by atoms with Crippen molar-refractivity contribution in [2.75, 3.05) is 31.1 Å². The van der Waals surface area contributed by atoms with E-state index in [2.05, 4.69) is 15.0 Å². The summed E-state index contributed by atoms with van der Waals surface area (Å²) in [5.41, 5.74) is 0.875. The molecule has 10 nitrogen and oxygen atoms in total. The van der Waals surface area contributed by atoms with Gasteiger partial charge in [0.25, 0.3) is 11.6 Å². The van der Waals surface area contributed by atoms with Gasteiger partial charge in [-0.15, -0.1) is 0 Å². The molecule has 182 valence electrons. The molecular formula is C25H28N6O4. The molecule has 2 aliphatic rings. The number of benzene rings is 1. The molecule has 2 fully saturated rings. The van der Waals surface area contributed by atoms with Crippen LogP contribution in [0.2, 0.25) is 0 Å². The van der Waals surface area contributed by atoms with Gasteiger partial charge >= 0.3 is 0 Å². The minimum absolute atomic E-state index is 0.0367. The SMILES string of the molecule is O=C(C1CCN(c2nc3ccccc3o2)CC1)N1CCC(O)(Cn2cnn3cccc3c2=O)CC1. The van der Waals surface area contributed by atoms with E-state index in [1.54, 1.807) is 18.3 Å². The van der Waals surface area contributed by atoms with Crippen LogP contribution in [0.5, 0.6) is 0 Å². The molecule has 35 heavy (non-hydrogen) atoms. The molecule has 1 N–H and O–H groups in total. The first-order valence-electron chi connectivity index (χ1n) is 12.1. The quantitative estimate of drug-likeness (QED) is 0.479. The zero-order chi connectivity index (χ0) is 24.0. The molecule has 0 atom stereocenters. The van der Waals surface area contributed by atoms with Gasteiger partial charge in [-0.25, -0.2) is 4.52 Å². The van der Waals surface area contributed by atoms with Crippen molar-refractivity contribution >= 4 is 28.5 Å². The average molecular weight is 477 g/mol. The van der Waals surface area contributed by atoms with Gasteiger partial charge in [-0.3, -0.25) is 14.2 Å². The fourth-order valence-corrected chi connectivity index (χ4v) is 5.26.